The van der Waals surface area contributed by atoms with Crippen LogP contribution in [0, 0.1) is 0 Å². The summed E-state index contributed by atoms with van der Waals surface area (Å²) in [7, 11) is 0. The van der Waals surface area contributed by atoms with Crippen LogP contribution in [0.25, 0.3) is 0 Å². The largest absolute Gasteiger partial charge is 0.354 e. The maximum atomic E-state index is 10.7. The molecule has 1 saturated carbocycles. The van der Waals surface area contributed by atoms with Crippen molar-refractivity contribution in [2.75, 3.05) is 0 Å². The monoisotopic (exact) mass is 192 g/mol. The van der Waals surface area contributed by atoms with E-state index in [1.165, 1.54) is 0 Å². The van der Waals surface area contributed by atoms with Gasteiger partial charge < -0.3 is 11.1 Å². The van der Waals surface area contributed by atoms with Crippen molar-refractivity contribution in [2.24, 2.45) is 5.73 Å². The zero-order valence-electron chi connectivity index (χ0n) is 7.38. The van der Waals surface area contributed by atoms with Gasteiger partial charge in [-0.1, -0.05) is 0 Å². The van der Waals surface area contributed by atoms with Gasteiger partial charge in [0.25, 0.3) is 0 Å². The highest BCUT2D eigenvalue weighted by Crippen LogP contribution is 2.16. The molecule has 3 N–H and O–H groups in total. The predicted octanol–water partition coefficient (Wildman–Crippen LogP) is 0.814. The van der Waals surface area contributed by atoms with Crippen LogP contribution in [0.2, 0.25) is 0 Å². The zero-order chi connectivity index (χ0) is 8.27. The topological polar surface area (TPSA) is 55.1 Å². The maximum Gasteiger partial charge on any atom is 0.217 e. The Labute approximate surface area is 79.5 Å². The number of carbonyl (C=O) groups excluding carboxylic acids is 1. The first-order valence-electron chi connectivity index (χ1n) is 4.21. The van der Waals surface area contributed by atoms with Crippen LogP contribution in [0.5, 0.6) is 0 Å². The number of carbonyl (C=O) groups is 1. The van der Waals surface area contributed by atoms with Gasteiger partial charge in [-0.15, -0.1) is 12.4 Å². The molecule has 1 aliphatic carbocycles. The molecule has 0 spiro atoms. The summed E-state index contributed by atoms with van der Waals surface area (Å²) < 4.78 is 0. The van der Waals surface area contributed by atoms with Crippen molar-refractivity contribution in [3.05, 3.63) is 0 Å². The molecule has 0 aromatic carbocycles. The molecule has 1 fully saturated rings. The van der Waals surface area contributed by atoms with Gasteiger partial charge in [0.05, 0.1) is 0 Å². The van der Waals surface area contributed by atoms with E-state index in [1.807, 2.05) is 0 Å². The lowest BCUT2D eigenvalue weighted by atomic mass is 9.92. The van der Waals surface area contributed by atoms with Crippen molar-refractivity contribution in [1.29, 1.82) is 0 Å². The van der Waals surface area contributed by atoms with E-state index in [0.29, 0.717) is 12.1 Å². The Morgan fingerprint density at radius 2 is 1.83 bits per heavy atom. The second-order valence-electron chi connectivity index (χ2n) is 3.31. The Balaban J connectivity index is 0.00000121. The van der Waals surface area contributed by atoms with Crippen molar-refractivity contribution >= 4 is 18.3 Å². The first-order valence-corrected chi connectivity index (χ1v) is 4.21. The summed E-state index contributed by atoms with van der Waals surface area (Å²) in [6.45, 7) is 1.56. The minimum absolute atomic E-state index is 0. The first-order chi connectivity index (χ1) is 5.18. The van der Waals surface area contributed by atoms with Gasteiger partial charge in [0, 0.05) is 19.0 Å². The second kappa shape index (κ2) is 5.38. The lowest BCUT2D eigenvalue weighted by molar-refractivity contribution is -0.119. The molecule has 1 aliphatic rings. The Bertz CT molecular complexity index is 144. The SMILES string of the molecule is CC(=O)NC1CCC(N)CC1.Cl. The van der Waals surface area contributed by atoms with Crippen molar-refractivity contribution in [1.82, 2.24) is 5.32 Å². The van der Waals surface area contributed by atoms with Crippen LogP contribution in [0.1, 0.15) is 32.6 Å². The van der Waals surface area contributed by atoms with Crippen LogP contribution in [-0.4, -0.2) is 18.0 Å². The molecule has 0 aromatic rings. The summed E-state index contributed by atoms with van der Waals surface area (Å²) in [4.78, 5) is 10.7. The van der Waals surface area contributed by atoms with E-state index in [4.69, 9.17) is 5.73 Å². The summed E-state index contributed by atoms with van der Waals surface area (Å²) in [6.07, 6.45) is 4.18. The molecule has 12 heavy (non-hydrogen) atoms. The van der Waals surface area contributed by atoms with Gasteiger partial charge in [0.1, 0.15) is 0 Å². The molecule has 1 rings (SSSR count). The summed E-state index contributed by atoms with van der Waals surface area (Å²) in [5.74, 6) is 0.0745. The minimum Gasteiger partial charge on any atom is -0.354 e. The molecule has 0 aliphatic heterocycles. The summed E-state index contributed by atoms with van der Waals surface area (Å²) >= 11 is 0. The number of nitrogens with two attached hydrogens (primary N) is 1. The highest BCUT2D eigenvalue weighted by atomic mass is 35.5. The number of rotatable bonds is 1. The molecule has 0 radical (unpaired) electrons. The van der Waals surface area contributed by atoms with Crippen LogP contribution in [0.15, 0.2) is 0 Å². The Kier molecular flexibility index (Phi) is 5.25. The van der Waals surface area contributed by atoms with E-state index in [-0.39, 0.29) is 18.3 Å². The van der Waals surface area contributed by atoms with Crippen molar-refractivity contribution < 1.29 is 4.79 Å². The average molecular weight is 193 g/mol. The van der Waals surface area contributed by atoms with Gasteiger partial charge >= 0.3 is 0 Å². The molecule has 1 amide bonds. The van der Waals surface area contributed by atoms with E-state index in [0.717, 1.165) is 25.7 Å². The Hall–Kier alpha value is -0.280. The number of halogens is 1. The van der Waals surface area contributed by atoms with Crippen molar-refractivity contribution in [3.63, 3.8) is 0 Å². The maximum absolute atomic E-state index is 10.7. The lowest BCUT2D eigenvalue weighted by Crippen LogP contribution is -2.39. The Morgan fingerprint density at radius 3 is 2.25 bits per heavy atom. The normalized spacial score (nSPS) is 28.8. The number of hydrogen-bond donors (Lipinski definition) is 2. The average Bonchev–Trinajstić information content (AvgIpc) is 1.93. The van der Waals surface area contributed by atoms with E-state index in [9.17, 15) is 4.79 Å². The third-order valence-electron chi connectivity index (χ3n) is 2.18. The van der Waals surface area contributed by atoms with Crippen molar-refractivity contribution in [2.45, 2.75) is 44.7 Å². The molecular formula is C8H17ClN2O. The highest BCUT2D eigenvalue weighted by Gasteiger charge is 2.18. The number of hydrogen-bond acceptors (Lipinski definition) is 2. The fourth-order valence-corrected chi connectivity index (χ4v) is 1.55. The molecule has 0 unspecified atom stereocenters. The summed E-state index contributed by atoms with van der Waals surface area (Å²) in [5, 5.41) is 2.91. The molecule has 0 aromatic heterocycles. The second-order valence-corrected chi connectivity index (χ2v) is 3.31. The van der Waals surface area contributed by atoms with Crippen LogP contribution in [-0.2, 0) is 4.79 Å². The van der Waals surface area contributed by atoms with Gasteiger partial charge in [0.2, 0.25) is 5.91 Å². The molecule has 72 valence electrons. The fraction of sp³-hybridized carbons (Fsp3) is 0.875. The Morgan fingerprint density at radius 1 is 1.33 bits per heavy atom. The van der Waals surface area contributed by atoms with Gasteiger partial charge in [0.15, 0.2) is 0 Å². The van der Waals surface area contributed by atoms with Crippen LogP contribution in [0.4, 0.5) is 0 Å². The van der Waals surface area contributed by atoms with E-state index in [2.05, 4.69) is 5.32 Å². The number of amides is 1. The quantitative estimate of drug-likeness (QED) is 0.646. The van der Waals surface area contributed by atoms with Crippen LogP contribution in [0.3, 0.4) is 0 Å². The van der Waals surface area contributed by atoms with Crippen LogP contribution >= 0.6 is 12.4 Å². The molecule has 0 bridgehead atoms. The van der Waals surface area contributed by atoms with Crippen LogP contribution < -0.4 is 11.1 Å². The minimum atomic E-state index is 0. The summed E-state index contributed by atoms with van der Waals surface area (Å²) in [5.41, 5.74) is 5.72. The third kappa shape index (κ3) is 3.93. The summed E-state index contributed by atoms with van der Waals surface area (Å²) in [6, 6.07) is 0.743. The zero-order valence-corrected chi connectivity index (χ0v) is 8.19. The standard InChI is InChI=1S/C8H16N2O.ClH/c1-6(11)10-8-4-2-7(9)3-5-8;/h7-8H,2-5,9H2,1H3,(H,10,11);1H. The first kappa shape index (κ1) is 11.7. The smallest absolute Gasteiger partial charge is 0.217 e. The molecular weight excluding hydrogens is 176 g/mol. The third-order valence-corrected chi connectivity index (χ3v) is 2.18. The highest BCUT2D eigenvalue weighted by molar-refractivity contribution is 5.85. The number of nitrogens with one attached hydrogen (secondary N) is 1. The van der Waals surface area contributed by atoms with E-state index in [1.54, 1.807) is 6.92 Å². The lowest BCUT2D eigenvalue weighted by Gasteiger charge is -2.26. The predicted molar refractivity (Wildman–Crippen MR) is 51.3 cm³/mol. The van der Waals surface area contributed by atoms with Gasteiger partial charge in [-0.05, 0) is 25.7 Å². The molecule has 4 heteroatoms. The van der Waals surface area contributed by atoms with E-state index >= 15 is 0 Å². The van der Waals surface area contributed by atoms with Gasteiger partial charge in [-0.3, -0.25) is 4.79 Å². The molecule has 3 nitrogen and oxygen atoms in total. The molecule has 0 atom stereocenters. The van der Waals surface area contributed by atoms with Gasteiger partial charge in [-0.2, -0.15) is 0 Å². The molecule has 0 heterocycles. The van der Waals surface area contributed by atoms with E-state index < -0.39 is 0 Å². The molecule has 0 saturated heterocycles. The van der Waals surface area contributed by atoms with Crippen molar-refractivity contribution in [3.8, 4) is 0 Å². The van der Waals surface area contributed by atoms with Gasteiger partial charge in [-0.25, -0.2) is 0 Å². The fourth-order valence-electron chi connectivity index (χ4n) is 1.55.